The van der Waals surface area contributed by atoms with Gasteiger partial charge in [-0.1, -0.05) is 54.3 Å². The van der Waals surface area contributed by atoms with Crippen LogP contribution in [-0.2, 0) is 11.3 Å². The minimum Gasteiger partial charge on any atom is -0.478 e. The summed E-state index contributed by atoms with van der Waals surface area (Å²) in [7, 11) is 0. The highest BCUT2D eigenvalue weighted by Gasteiger charge is 2.09. The summed E-state index contributed by atoms with van der Waals surface area (Å²) in [4.78, 5) is 22.8. The summed E-state index contributed by atoms with van der Waals surface area (Å²) < 4.78 is 5.09. The maximum atomic E-state index is 11.6. The Kier molecular flexibility index (Phi) is 6.61. The van der Waals surface area contributed by atoms with Crippen molar-refractivity contribution in [3.63, 3.8) is 0 Å². The molecular formula is C20H19NO4. The number of hydrogen-bond donors (Lipinski definition) is 2. The molecule has 2 rings (SSSR count). The number of aromatic carboxylic acids is 1. The van der Waals surface area contributed by atoms with E-state index in [1.54, 1.807) is 6.07 Å². The molecule has 2 N–H and O–H groups in total. The van der Waals surface area contributed by atoms with Crippen LogP contribution in [0.4, 0.5) is 4.79 Å². The van der Waals surface area contributed by atoms with E-state index in [0.717, 1.165) is 11.1 Å². The van der Waals surface area contributed by atoms with Crippen LogP contribution in [0.2, 0.25) is 0 Å². The van der Waals surface area contributed by atoms with E-state index in [0.29, 0.717) is 18.5 Å². The SMILES string of the molecule is Cc1cccc(C(=O)O)c1C#CCCNC(=O)OCc1ccccc1. The lowest BCUT2D eigenvalue weighted by atomic mass is 10.0. The molecule has 0 fully saturated rings. The smallest absolute Gasteiger partial charge is 0.407 e. The van der Waals surface area contributed by atoms with E-state index in [9.17, 15) is 14.7 Å². The van der Waals surface area contributed by atoms with Crippen molar-refractivity contribution < 1.29 is 19.4 Å². The molecule has 2 aromatic carbocycles. The first kappa shape index (κ1) is 18.1. The fourth-order valence-electron chi connectivity index (χ4n) is 2.16. The second-order valence-corrected chi connectivity index (χ2v) is 5.34. The third-order valence-corrected chi connectivity index (χ3v) is 3.45. The van der Waals surface area contributed by atoms with Gasteiger partial charge in [0, 0.05) is 18.5 Å². The van der Waals surface area contributed by atoms with Crippen LogP contribution in [0.3, 0.4) is 0 Å². The van der Waals surface area contributed by atoms with Crippen LogP contribution in [0, 0.1) is 18.8 Å². The largest absolute Gasteiger partial charge is 0.478 e. The molecule has 0 aliphatic carbocycles. The number of rotatable bonds is 5. The van der Waals surface area contributed by atoms with Crippen LogP contribution >= 0.6 is 0 Å². The average molecular weight is 337 g/mol. The quantitative estimate of drug-likeness (QED) is 0.648. The molecule has 0 radical (unpaired) electrons. The molecule has 0 spiro atoms. The predicted molar refractivity (Wildman–Crippen MR) is 94.3 cm³/mol. The summed E-state index contributed by atoms with van der Waals surface area (Å²) >= 11 is 0. The van der Waals surface area contributed by atoms with E-state index in [1.807, 2.05) is 43.3 Å². The van der Waals surface area contributed by atoms with Gasteiger partial charge >= 0.3 is 12.1 Å². The zero-order chi connectivity index (χ0) is 18.1. The lowest BCUT2D eigenvalue weighted by molar-refractivity contribution is 0.0696. The summed E-state index contributed by atoms with van der Waals surface area (Å²) in [5, 5.41) is 11.8. The molecule has 0 saturated heterocycles. The van der Waals surface area contributed by atoms with Gasteiger partial charge in [-0.2, -0.15) is 0 Å². The van der Waals surface area contributed by atoms with E-state index >= 15 is 0 Å². The van der Waals surface area contributed by atoms with E-state index in [-0.39, 0.29) is 12.2 Å². The summed E-state index contributed by atoms with van der Waals surface area (Å²) in [6, 6.07) is 14.4. The molecule has 128 valence electrons. The van der Waals surface area contributed by atoms with Crippen LogP contribution < -0.4 is 5.32 Å². The number of ether oxygens (including phenoxy) is 1. The first-order valence-electron chi connectivity index (χ1n) is 7.84. The highest BCUT2D eigenvalue weighted by Crippen LogP contribution is 2.12. The highest BCUT2D eigenvalue weighted by atomic mass is 16.5. The molecule has 0 aliphatic heterocycles. The molecule has 0 atom stereocenters. The third kappa shape index (κ3) is 5.70. The third-order valence-electron chi connectivity index (χ3n) is 3.45. The van der Waals surface area contributed by atoms with Crippen molar-refractivity contribution >= 4 is 12.1 Å². The molecule has 0 unspecified atom stereocenters. The van der Waals surface area contributed by atoms with Gasteiger partial charge in [0.25, 0.3) is 0 Å². The van der Waals surface area contributed by atoms with Crippen molar-refractivity contribution in [2.24, 2.45) is 0 Å². The zero-order valence-corrected chi connectivity index (χ0v) is 13.9. The molecule has 25 heavy (non-hydrogen) atoms. The summed E-state index contributed by atoms with van der Waals surface area (Å²) in [6.45, 7) is 2.36. The first-order chi connectivity index (χ1) is 12.1. The topological polar surface area (TPSA) is 75.6 Å². The van der Waals surface area contributed by atoms with Crippen molar-refractivity contribution in [3.8, 4) is 11.8 Å². The summed E-state index contributed by atoms with van der Waals surface area (Å²) in [6.07, 6.45) is -0.110. The number of aryl methyl sites for hydroxylation is 1. The van der Waals surface area contributed by atoms with Gasteiger partial charge in [-0.3, -0.25) is 0 Å². The van der Waals surface area contributed by atoms with E-state index < -0.39 is 12.1 Å². The van der Waals surface area contributed by atoms with Crippen LogP contribution in [0.5, 0.6) is 0 Å². The van der Waals surface area contributed by atoms with Gasteiger partial charge in [-0.25, -0.2) is 9.59 Å². The first-order valence-corrected chi connectivity index (χ1v) is 7.84. The summed E-state index contributed by atoms with van der Waals surface area (Å²) in [5.41, 5.74) is 2.41. The minimum atomic E-state index is -1.00. The number of carbonyl (C=O) groups is 2. The molecule has 1 amide bonds. The van der Waals surface area contributed by atoms with Crippen LogP contribution in [-0.4, -0.2) is 23.7 Å². The van der Waals surface area contributed by atoms with Crippen molar-refractivity contribution in [1.82, 2.24) is 5.32 Å². The lowest BCUT2D eigenvalue weighted by Gasteiger charge is -2.05. The maximum absolute atomic E-state index is 11.6. The Morgan fingerprint density at radius 1 is 1.12 bits per heavy atom. The van der Waals surface area contributed by atoms with Gasteiger partial charge in [0.05, 0.1) is 5.56 Å². The Hall–Kier alpha value is -3.26. The predicted octanol–water partition coefficient (Wildman–Crippen LogP) is 3.36. The van der Waals surface area contributed by atoms with Gasteiger partial charge in [0.2, 0.25) is 0 Å². The van der Waals surface area contributed by atoms with Crippen molar-refractivity contribution in [2.45, 2.75) is 20.0 Å². The Morgan fingerprint density at radius 3 is 2.60 bits per heavy atom. The zero-order valence-electron chi connectivity index (χ0n) is 13.9. The van der Waals surface area contributed by atoms with Crippen LogP contribution in [0.15, 0.2) is 48.5 Å². The van der Waals surface area contributed by atoms with Gasteiger partial charge in [0.1, 0.15) is 6.61 Å². The Bertz CT molecular complexity index is 803. The fourth-order valence-corrected chi connectivity index (χ4v) is 2.16. The highest BCUT2D eigenvalue weighted by molar-refractivity contribution is 5.91. The van der Waals surface area contributed by atoms with Crippen molar-refractivity contribution in [1.29, 1.82) is 0 Å². The second kappa shape index (κ2) is 9.14. The number of alkyl carbamates (subject to hydrolysis) is 1. The molecule has 2 aromatic rings. The molecular weight excluding hydrogens is 318 g/mol. The number of carboxylic acids is 1. The maximum Gasteiger partial charge on any atom is 0.407 e. The fraction of sp³-hybridized carbons (Fsp3) is 0.200. The van der Waals surface area contributed by atoms with Crippen molar-refractivity contribution in [2.75, 3.05) is 6.54 Å². The van der Waals surface area contributed by atoms with Gasteiger partial charge in [-0.05, 0) is 24.1 Å². The van der Waals surface area contributed by atoms with Crippen LogP contribution in [0.1, 0.15) is 33.5 Å². The van der Waals surface area contributed by atoms with Gasteiger partial charge < -0.3 is 15.2 Å². The number of amides is 1. The van der Waals surface area contributed by atoms with Crippen molar-refractivity contribution in [3.05, 3.63) is 70.8 Å². The average Bonchev–Trinajstić information content (AvgIpc) is 2.61. The monoisotopic (exact) mass is 337 g/mol. The summed E-state index contributed by atoms with van der Waals surface area (Å²) in [5.74, 6) is 4.75. The van der Waals surface area contributed by atoms with Crippen LogP contribution in [0.25, 0.3) is 0 Å². The molecule has 0 aliphatic rings. The lowest BCUT2D eigenvalue weighted by Crippen LogP contribution is -2.24. The Balaban J connectivity index is 1.79. The Morgan fingerprint density at radius 2 is 1.88 bits per heavy atom. The number of hydrogen-bond acceptors (Lipinski definition) is 3. The normalized spacial score (nSPS) is 9.64. The number of nitrogens with one attached hydrogen (secondary N) is 1. The standard InChI is InChI=1S/C20H19NO4/c1-15-8-7-12-18(19(22)23)17(15)11-5-6-13-21-20(24)25-14-16-9-3-2-4-10-16/h2-4,7-10,12H,6,13-14H2,1H3,(H,21,24)(H,22,23). The number of benzene rings is 2. The molecule has 0 saturated carbocycles. The van der Waals surface area contributed by atoms with Gasteiger partial charge in [0.15, 0.2) is 0 Å². The molecule has 5 heteroatoms. The number of carbonyl (C=O) groups excluding carboxylic acids is 1. The van der Waals surface area contributed by atoms with E-state index in [4.69, 9.17) is 4.74 Å². The van der Waals surface area contributed by atoms with E-state index in [1.165, 1.54) is 6.07 Å². The molecule has 0 heterocycles. The Labute approximate surface area is 146 Å². The molecule has 0 aromatic heterocycles. The molecule has 5 nitrogen and oxygen atoms in total. The molecule has 0 bridgehead atoms. The van der Waals surface area contributed by atoms with Gasteiger partial charge in [-0.15, -0.1) is 0 Å². The number of carboxylic acid groups (broad SMARTS) is 1. The minimum absolute atomic E-state index is 0.183. The second-order valence-electron chi connectivity index (χ2n) is 5.34. The van der Waals surface area contributed by atoms with E-state index in [2.05, 4.69) is 17.2 Å².